The van der Waals surface area contributed by atoms with E-state index < -0.39 is 11.8 Å². The third-order valence-electron chi connectivity index (χ3n) is 4.46. The number of likely N-dealkylation sites (tertiary alicyclic amines) is 1. The van der Waals surface area contributed by atoms with E-state index in [1.165, 1.54) is 0 Å². The van der Waals surface area contributed by atoms with Crippen molar-refractivity contribution in [3.63, 3.8) is 0 Å². The van der Waals surface area contributed by atoms with Crippen molar-refractivity contribution >= 4 is 17.5 Å². The highest BCUT2D eigenvalue weighted by atomic mass is 16.3. The molecule has 0 radical (unpaired) electrons. The van der Waals surface area contributed by atoms with E-state index >= 15 is 0 Å². The maximum Gasteiger partial charge on any atom is 0.313 e. The molecule has 3 rings (SSSR count). The molecule has 2 aromatic rings. The normalized spacial score (nSPS) is 19.9. The van der Waals surface area contributed by atoms with Gasteiger partial charge in [-0.25, -0.2) is 0 Å². The summed E-state index contributed by atoms with van der Waals surface area (Å²) in [7, 11) is 0. The lowest BCUT2D eigenvalue weighted by molar-refractivity contribution is -0.146. The lowest BCUT2D eigenvalue weighted by Gasteiger charge is -2.36. The summed E-state index contributed by atoms with van der Waals surface area (Å²) in [5, 5.41) is 11.4. The Balaban J connectivity index is 1.73. The van der Waals surface area contributed by atoms with E-state index in [-0.39, 0.29) is 6.04 Å². The van der Waals surface area contributed by atoms with Crippen LogP contribution in [0.15, 0.2) is 47.1 Å². The summed E-state index contributed by atoms with van der Waals surface area (Å²) in [4.78, 5) is 26.6. The van der Waals surface area contributed by atoms with Crippen molar-refractivity contribution in [2.75, 3.05) is 11.9 Å². The van der Waals surface area contributed by atoms with Gasteiger partial charge in [-0.3, -0.25) is 9.59 Å². The average Bonchev–Trinajstić information content (AvgIpc) is 3.16. The first-order valence-corrected chi connectivity index (χ1v) is 8.24. The standard InChI is InChI=1S/C19H19N3O3/c1-13-8-9-22(16(11-13)17-3-2-10-25-17)19(24)18(23)21-15-6-4-14(12-20)5-7-15/h2-7,10,13,16H,8-9,11H2,1H3,(H,21,23)/t13-,16+/m1/s1. The van der Waals surface area contributed by atoms with Gasteiger partial charge in [-0.05, 0) is 55.2 Å². The highest BCUT2D eigenvalue weighted by molar-refractivity contribution is 6.39. The number of benzene rings is 1. The molecule has 1 aliphatic heterocycles. The smallest absolute Gasteiger partial charge is 0.313 e. The van der Waals surface area contributed by atoms with Crippen molar-refractivity contribution in [1.29, 1.82) is 5.26 Å². The van der Waals surface area contributed by atoms with Crippen LogP contribution in [0.5, 0.6) is 0 Å². The molecule has 25 heavy (non-hydrogen) atoms. The molecule has 1 saturated heterocycles. The fourth-order valence-corrected chi connectivity index (χ4v) is 3.08. The zero-order valence-corrected chi connectivity index (χ0v) is 13.9. The van der Waals surface area contributed by atoms with Crippen molar-refractivity contribution in [1.82, 2.24) is 4.90 Å². The lowest BCUT2D eigenvalue weighted by Crippen LogP contribution is -2.45. The summed E-state index contributed by atoms with van der Waals surface area (Å²) in [5.41, 5.74) is 0.976. The Kier molecular flexibility index (Phi) is 4.85. The Bertz CT molecular complexity index is 790. The number of carbonyl (C=O) groups is 2. The van der Waals surface area contributed by atoms with E-state index in [0.29, 0.717) is 29.5 Å². The molecular formula is C19H19N3O3. The molecule has 6 heteroatoms. The van der Waals surface area contributed by atoms with Gasteiger partial charge in [0, 0.05) is 12.2 Å². The quantitative estimate of drug-likeness (QED) is 0.853. The van der Waals surface area contributed by atoms with Gasteiger partial charge in [-0.2, -0.15) is 5.26 Å². The molecule has 128 valence electrons. The van der Waals surface area contributed by atoms with Crippen LogP contribution < -0.4 is 5.32 Å². The van der Waals surface area contributed by atoms with Crippen molar-refractivity contribution in [3.05, 3.63) is 54.0 Å². The van der Waals surface area contributed by atoms with Crippen LogP contribution in [0.2, 0.25) is 0 Å². The highest BCUT2D eigenvalue weighted by Crippen LogP contribution is 2.34. The largest absolute Gasteiger partial charge is 0.467 e. The minimum Gasteiger partial charge on any atom is -0.467 e. The Morgan fingerprint density at radius 3 is 2.68 bits per heavy atom. The SMILES string of the molecule is C[C@@H]1CCN(C(=O)C(=O)Nc2ccc(C#N)cc2)[C@H](c2ccco2)C1. The molecule has 1 aromatic heterocycles. The second kappa shape index (κ2) is 7.22. The van der Waals surface area contributed by atoms with E-state index in [2.05, 4.69) is 12.2 Å². The number of carbonyl (C=O) groups excluding carboxylic acids is 2. The van der Waals surface area contributed by atoms with Gasteiger partial charge in [0.25, 0.3) is 0 Å². The van der Waals surface area contributed by atoms with Gasteiger partial charge in [0.1, 0.15) is 5.76 Å². The van der Waals surface area contributed by atoms with E-state index in [4.69, 9.17) is 9.68 Å². The summed E-state index contributed by atoms with van der Waals surface area (Å²) >= 11 is 0. The minimum atomic E-state index is -0.684. The molecular weight excluding hydrogens is 318 g/mol. The summed E-state index contributed by atoms with van der Waals surface area (Å²) in [6.07, 6.45) is 3.20. The second-order valence-electron chi connectivity index (χ2n) is 6.30. The van der Waals surface area contributed by atoms with E-state index in [9.17, 15) is 9.59 Å². The van der Waals surface area contributed by atoms with E-state index in [0.717, 1.165) is 12.8 Å². The molecule has 0 bridgehead atoms. The number of nitriles is 1. The third kappa shape index (κ3) is 3.72. The molecule has 0 spiro atoms. The molecule has 1 aromatic carbocycles. The average molecular weight is 337 g/mol. The molecule has 2 heterocycles. The molecule has 0 aliphatic carbocycles. The van der Waals surface area contributed by atoms with Crippen LogP contribution in [0, 0.1) is 17.2 Å². The van der Waals surface area contributed by atoms with Crippen LogP contribution in [0.4, 0.5) is 5.69 Å². The summed E-state index contributed by atoms with van der Waals surface area (Å²) in [5.74, 6) is -0.0970. The number of piperidine rings is 1. The summed E-state index contributed by atoms with van der Waals surface area (Å²) < 4.78 is 5.47. The lowest BCUT2D eigenvalue weighted by atomic mass is 9.91. The number of rotatable bonds is 2. The first-order chi connectivity index (χ1) is 12.1. The molecule has 0 unspecified atom stereocenters. The fraction of sp³-hybridized carbons (Fsp3) is 0.316. The first-order valence-electron chi connectivity index (χ1n) is 8.24. The summed E-state index contributed by atoms with van der Waals surface area (Å²) in [6, 6.07) is 11.8. The van der Waals surface area contributed by atoms with Crippen molar-refractivity contribution in [2.24, 2.45) is 5.92 Å². The second-order valence-corrected chi connectivity index (χ2v) is 6.30. The van der Waals surface area contributed by atoms with Crippen LogP contribution >= 0.6 is 0 Å². The Labute approximate surface area is 146 Å². The number of nitrogens with one attached hydrogen (secondary N) is 1. The van der Waals surface area contributed by atoms with Gasteiger partial charge in [0.15, 0.2) is 0 Å². The monoisotopic (exact) mass is 337 g/mol. The number of anilines is 1. The van der Waals surface area contributed by atoms with Crippen LogP contribution in [-0.4, -0.2) is 23.3 Å². The Hall–Kier alpha value is -3.07. The van der Waals surface area contributed by atoms with Gasteiger partial charge in [0.05, 0.1) is 23.9 Å². The molecule has 2 atom stereocenters. The zero-order chi connectivity index (χ0) is 17.8. The van der Waals surface area contributed by atoms with Crippen LogP contribution in [0.25, 0.3) is 0 Å². The first kappa shape index (κ1) is 16.8. The number of hydrogen-bond acceptors (Lipinski definition) is 4. The van der Waals surface area contributed by atoms with Gasteiger partial charge in [-0.1, -0.05) is 6.92 Å². The molecule has 1 aliphatic rings. The van der Waals surface area contributed by atoms with Gasteiger partial charge in [-0.15, -0.1) is 0 Å². The number of furan rings is 1. The summed E-state index contributed by atoms with van der Waals surface area (Å²) in [6.45, 7) is 2.65. The number of hydrogen-bond donors (Lipinski definition) is 1. The van der Waals surface area contributed by atoms with Crippen molar-refractivity contribution in [2.45, 2.75) is 25.8 Å². The molecule has 6 nitrogen and oxygen atoms in total. The van der Waals surface area contributed by atoms with Gasteiger partial charge in [0.2, 0.25) is 0 Å². The highest BCUT2D eigenvalue weighted by Gasteiger charge is 2.35. The topological polar surface area (TPSA) is 86.3 Å². The molecule has 1 fully saturated rings. The predicted octanol–water partition coefficient (Wildman–Crippen LogP) is 3.09. The van der Waals surface area contributed by atoms with E-state index in [1.54, 1.807) is 41.5 Å². The van der Waals surface area contributed by atoms with Crippen LogP contribution in [-0.2, 0) is 9.59 Å². The minimum absolute atomic E-state index is 0.224. The number of amides is 2. The van der Waals surface area contributed by atoms with Crippen LogP contribution in [0.3, 0.4) is 0 Å². The fourth-order valence-electron chi connectivity index (χ4n) is 3.08. The third-order valence-corrected chi connectivity index (χ3v) is 4.46. The van der Waals surface area contributed by atoms with Gasteiger partial charge < -0.3 is 14.6 Å². The molecule has 2 amide bonds. The Morgan fingerprint density at radius 2 is 2.04 bits per heavy atom. The van der Waals surface area contributed by atoms with Crippen molar-refractivity contribution < 1.29 is 14.0 Å². The maximum absolute atomic E-state index is 12.7. The predicted molar refractivity (Wildman–Crippen MR) is 91.3 cm³/mol. The molecule has 0 saturated carbocycles. The maximum atomic E-state index is 12.7. The van der Waals surface area contributed by atoms with Crippen molar-refractivity contribution in [3.8, 4) is 6.07 Å². The van der Waals surface area contributed by atoms with E-state index in [1.807, 2.05) is 12.1 Å². The van der Waals surface area contributed by atoms with Gasteiger partial charge >= 0.3 is 11.8 Å². The molecule has 1 N–H and O–H groups in total. The zero-order valence-electron chi connectivity index (χ0n) is 13.9. The number of nitrogens with zero attached hydrogens (tertiary/aromatic N) is 2. The Morgan fingerprint density at radius 1 is 1.28 bits per heavy atom. The van der Waals surface area contributed by atoms with Crippen LogP contribution in [0.1, 0.15) is 37.1 Å².